The average molecular weight is 268 g/mol. The van der Waals surface area contributed by atoms with Crippen molar-refractivity contribution in [2.45, 2.75) is 13.8 Å². The van der Waals surface area contributed by atoms with Gasteiger partial charge < -0.3 is 5.11 Å². The quantitative estimate of drug-likeness (QED) is 0.769. The van der Waals surface area contributed by atoms with E-state index in [9.17, 15) is 4.79 Å². The number of benzene rings is 1. The minimum atomic E-state index is -1.15. The number of carbonyl (C=O) groups is 1. The number of aromatic nitrogens is 4. The second kappa shape index (κ2) is 4.41. The Hall–Kier alpha value is -2.76. The number of aryl methyl sites for hydroxylation is 2. The molecule has 100 valence electrons. The Morgan fingerprint density at radius 2 is 1.95 bits per heavy atom. The number of carboxylic acid groups (broad SMARTS) is 1. The van der Waals surface area contributed by atoms with Crippen LogP contribution in [0.1, 0.15) is 21.7 Å². The molecule has 0 saturated carbocycles. The standard InChI is InChI=1S/C14H12N4O2/c1-8-3-4-9(2)10(7-8)11-5-6-12-15-16-13(14(19)20)18(12)17-11/h3-7H,1-2H3,(H,19,20). The molecule has 0 aliphatic rings. The molecule has 0 unspecified atom stereocenters. The molecule has 6 nitrogen and oxygen atoms in total. The van der Waals surface area contributed by atoms with Crippen molar-refractivity contribution in [2.75, 3.05) is 0 Å². The van der Waals surface area contributed by atoms with Gasteiger partial charge in [-0.2, -0.15) is 9.61 Å². The first-order valence-electron chi connectivity index (χ1n) is 6.09. The predicted molar refractivity (Wildman–Crippen MR) is 72.7 cm³/mol. The van der Waals surface area contributed by atoms with Gasteiger partial charge in [-0.3, -0.25) is 0 Å². The maximum Gasteiger partial charge on any atom is 0.375 e. The van der Waals surface area contributed by atoms with Crippen molar-refractivity contribution in [3.8, 4) is 11.3 Å². The van der Waals surface area contributed by atoms with Gasteiger partial charge in [-0.1, -0.05) is 17.7 Å². The number of hydrogen-bond acceptors (Lipinski definition) is 4. The molecule has 0 fully saturated rings. The average Bonchev–Trinajstić information content (AvgIpc) is 2.84. The fourth-order valence-electron chi connectivity index (χ4n) is 2.08. The second-order valence-corrected chi connectivity index (χ2v) is 4.64. The Morgan fingerprint density at radius 1 is 1.15 bits per heavy atom. The van der Waals surface area contributed by atoms with Crippen LogP contribution in [0.3, 0.4) is 0 Å². The molecule has 0 bridgehead atoms. The van der Waals surface area contributed by atoms with E-state index < -0.39 is 5.97 Å². The molecule has 3 aromatic rings. The molecule has 6 heteroatoms. The summed E-state index contributed by atoms with van der Waals surface area (Å²) in [5, 5.41) is 20.8. The minimum Gasteiger partial charge on any atom is -0.475 e. The first kappa shape index (κ1) is 12.3. The summed E-state index contributed by atoms with van der Waals surface area (Å²) in [7, 11) is 0. The summed E-state index contributed by atoms with van der Waals surface area (Å²) in [6, 6.07) is 9.59. The lowest BCUT2D eigenvalue weighted by Crippen LogP contribution is -2.06. The van der Waals surface area contributed by atoms with E-state index in [1.165, 1.54) is 4.52 Å². The third-order valence-electron chi connectivity index (χ3n) is 3.12. The van der Waals surface area contributed by atoms with E-state index in [1.54, 1.807) is 6.07 Å². The number of aromatic carboxylic acids is 1. The summed E-state index contributed by atoms with van der Waals surface area (Å²) in [4.78, 5) is 11.1. The molecule has 3 rings (SSSR count). The summed E-state index contributed by atoms with van der Waals surface area (Å²) in [5.74, 6) is -1.34. The number of hydrogen-bond donors (Lipinski definition) is 1. The Labute approximate surface area is 114 Å². The van der Waals surface area contributed by atoms with Gasteiger partial charge in [-0.15, -0.1) is 10.2 Å². The second-order valence-electron chi connectivity index (χ2n) is 4.64. The van der Waals surface area contributed by atoms with Gasteiger partial charge in [-0.25, -0.2) is 4.79 Å². The van der Waals surface area contributed by atoms with Crippen LogP contribution < -0.4 is 0 Å². The third kappa shape index (κ3) is 1.91. The smallest absolute Gasteiger partial charge is 0.375 e. The zero-order valence-electron chi connectivity index (χ0n) is 11.0. The normalized spacial score (nSPS) is 10.9. The van der Waals surface area contributed by atoms with Gasteiger partial charge in [0.1, 0.15) is 0 Å². The molecule has 0 radical (unpaired) electrons. The molecule has 0 amide bonds. The Morgan fingerprint density at radius 3 is 2.70 bits per heavy atom. The zero-order valence-corrected chi connectivity index (χ0v) is 11.0. The Kier molecular flexibility index (Phi) is 2.71. The van der Waals surface area contributed by atoms with Crippen molar-refractivity contribution in [2.24, 2.45) is 0 Å². The number of rotatable bonds is 2. The molecule has 2 aromatic heterocycles. The number of nitrogens with zero attached hydrogens (tertiary/aromatic N) is 4. The van der Waals surface area contributed by atoms with Gasteiger partial charge >= 0.3 is 5.97 Å². The maximum absolute atomic E-state index is 11.1. The molecule has 2 heterocycles. The zero-order chi connectivity index (χ0) is 14.3. The highest BCUT2D eigenvalue weighted by molar-refractivity contribution is 5.84. The van der Waals surface area contributed by atoms with E-state index in [4.69, 9.17) is 5.11 Å². The first-order chi connectivity index (χ1) is 9.56. The lowest BCUT2D eigenvalue weighted by atomic mass is 10.0. The lowest BCUT2D eigenvalue weighted by molar-refractivity contribution is 0.0680. The van der Waals surface area contributed by atoms with Crippen molar-refractivity contribution in [3.63, 3.8) is 0 Å². The number of carboxylic acids is 1. The van der Waals surface area contributed by atoms with Crippen LogP contribution in [0.25, 0.3) is 16.9 Å². The molecule has 1 aromatic carbocycles. The molecule has 0 spiro atoms. The maximum atomic E-state index is 11.1. The fraction of sp³-hybridized carbons (Fsp3) is 0.143. The van der Waals surface area contributed by atoms with Gasteiger partial charge in [0.15, 0.2) is 5.65 Å². The molecular formula is C14H12N4O2. The minimum absolute atomic E-state index is 0.188. The van der Waals surface area contributed by atoms with Crippen molar-refractivity contribution in [1.82, 2.24) is 19.8 Å². The van der Waals surface area contributed by atoms with Crippen LogP contribution in [0.4, 0.5) is 0 Å². The van der Waals surface area contributed by atoms with E-state index in [1.807, 2.05) is 38.1 Å². The van der Waals surface area contributed by atoms with Crippen molar-refractivity contribution in [3.05, 3.63) is 47.3 Å². The van der Waals surface area contributed by atoms with E-state index in [2.05, 4.69) is 15.3 Å². The Bertz CT molecular complexity index is 823. The van der Waals surface area contributed by atoms with Crippen LogP contribution in [0.2, 0.25) is 0 Å². The van der Waals surface area contributed by atoms with Crippen molar-refractivity contribution < 1.29 is 9.90 Å². The summed E-state index contributed by atoms with van der Waals surface area (Å²) in [6.07, 6.45) is 0. The van der Waals surface area contributed by atoms with Crippen LogP contribution >= 0.6 is 0 Å². The number of fused-ring (bicyclic) bond motifs is 1. The Balaban J connectivity index is 2.24. The van der Waals surface area contributed by atoms with Gasteiger partial charge in [-0.05, 0) is 37.6 Å². The molecule has 0 aliphatic carbocycles. The van der Waals surface area contributed by atoms with E-state index >= 15 is 0 Å². The van der Waals surface area contributed by atoms with Gasteiger partial charge in [0, 0.05) is 5.56 Å². The highest BCUT2D eigenvalue weighted by Gasteiger charge is 2.15. The largest absolute Gasteiger partial charge is 0.475 e. The van der Waals surface area contributed by atoms with Crippen LogP contribution in [0, 0.1) is 13.8 Å². The predicted octanol–water partition coefficient (Wildman–Crippen LogP) is 2.11. The molecule has 0 aliphatic heterocycles. The van der Waals surface area contributed by atoms with Crippen molar-refractivity contribution >= 4 is 11.6 Å². The van der Waals surface area contributed by atoms with Crippen LogP contribution in [-0.4, -0.2) is 30.9 Å². The molecular weight excluding hydrogens is 256 g/mol. The van der Waals surface area contributed by atoms with Gasteiger partial charge in [0.25, 0.3) is 5.82 Å². The summed E-state index contributed by atoms with van der Waals surface area (Å²) in [5.41, 5.74) is 4.27. The SMILES string of the molecule is Cc1ccc(C)c(-c2ccc3nnc(C(=O)O)n3n2)c1. The van der Waals surface area contributed by atoms with Crippen LogP contribution in [0.5, 0.6) is 0 Å². The lowest BCUT2D eigenvalue weighted by Gasteiger charge is -2.06. The molecule has 0 saturated heterocycles. The molecule has 20 heavy (non-hydrogen) atoms. The van der Waals surface area contributed by atoms with E-state index in [0.29, 0.717) is 11.3 Å². The van der Waals surface area contributed by atoms with E-state index in [-0.39, 0.29) is 5.82 Å². The molecule has 0 atom stereocenters. The first-order valence-corrected chi connectivity index (χ1v) is 6.09. The third-order valence-corrected chi connectivity index (χ3v) is 3.12. The van der Waals surface area contributed by atoms with Gasteiger partial charge in [0.05, 0.1) is 5.69 Å². The topological polar surface area (TPSA) is 80.4 Å². The van der Waals surface area contributed by atoms with Crippen LogP contribution in [-0.2, 0) is 0 Å². The summed E-state index contributed by atoms with van der Waals surface area (Å²) in [6.45, 7) is 3.99. The van der Waals surface area contributed by atoms with Gasteiger partial charge in [0.2, 0.25) is 0 Å². The highest BCUT2D eigenvalue weighted by atomic mass is 16.4. The fourth-order valence-corrected chi connectivity index (χ4v) is 2.08. The summed E-state index contributed by atoms with van der Waals surface area (Å²) >= 11 is 0. The summed E-state index contributed by atoms with van der Waals surface area (Å²) < 4.78 is 1.25. The highest BCUT2D eigenvalue weighted by Crippen LogP contribution is 2.22. The molecule has 1 N–H and O–H groups in total. The van der Waals surface area contributed by atoms with Crippen molar-refractivity contribution in [1.29, 1.82) is 0 Å². The monoisotopic (exact) mass is 268 g/mol. The van der Waals surface area contributed by atoms with Crippen LogP contribution in [0.15, 0.2) is 30.3 Å². The van der Waals surface area contributed by atoms with E-state index in [0.717, 1.165) is 16.7 Å².